The second kappa shape index (κ2) is 15.1. The molecule has 0 fully saturated rings. The molecule has 0 amide bonds. The maximum absolute atomic E-state index is 12.3. The van der Waals surface area contributed by atoms with Crippen molar-refractivity contribution in [2.75, 3.05) is 11.5 Å². The highest BCUT2D eigenvalue weighted by Crippen LogP contribution is 2.41. The summed E-state index contributed by atoms with van der Waals surface area (Å²) in [6.45, 7) is 8.07. The van der Waals surface area contributed by atoms with Gasteiger partial charge in [-0.1, -0.05) is 76.2 Å². The number of azo groups is 2. The van der Waals surface area contributed by atoms with E-state index in [1.165, 1.54) is 12.1 Å². The second-order valence-electron chi connectivity index (χ2n) is 12.8. The van der Waals surface area contributed by atoms with Gasteiger partial charge in [-0.3, -0.25) is 9.11 Å². The molecule has 0 bridgehead atoms. The molecule has 0 aliphatic rings. The van der Waals surface area contributed by atoms with Crippen molar-refractivity contribution < 1.29 is 25.9 Å². The minimum Gasteiger partial charge on any atom is -0.396 e. The molecule has 0 aliphatic heterocycles. The molecule has 0 saturated heterocycles. The van der Waals surface area contributed by atoms with E-state index in [0.29, 0.717) is 58.6 Å². The summed E-state index contributed by atoms with van der Waals surface area (Å²) in [4.78, 5) is -0.596. The van der Waals surface area contributed by atoms with Crippen LogP contribution in [0.1, 0.15) is 49.9 Å². The van der Waals surface area contributed by atoms with Crippen molar-refractivity contribution in [3.05, 3.63) is 107 Å². The van der Waals surface area contributed by atoms with Gasteiger partial charge >= 0.3 is 0 Å². The maximum atomic E-state index is 12.3. The molecule has 0 radical (unpaired) electrons. The zero-order valence-electron chi connectivity index (χ0n) is 30.2. The summed E-state index contributed by atoms with van der Waals surface area (Å²) in [7, 11) is -9.14. The van der Waals surface area contributed by atoms with E-state index in [4.69, 9.17) is 11.5 Å². The van der Waals surface area contributed by atoms with Crippen molar-refractivity contribution in [1.29, 1.82) is 0 Å². The van der Waals surface area contributed by atoms with Crippen molar-refractivity contribution in [2.24, 2.45) is 20.5 Å². The Hall–Kier alpha value is -5.54. The lowest BCUT2D eigenvalue weighted by atomic mass is 9.92. The lowest BCUT2D eigenvalue weighted by Crippen LogP contribution is -2.01. The number of nitrogens with zero attached hydrogens (tertiary/aromatic N) is 4. The number of benzene rings is 6. The summed E-state index contributed by atoms with van der Waals surface area (Å²) in [5.74, 6) is 0. The van der Waals surface area contributed by atoms with Crippen LogP contribution in [0.4, 0.5) is 34.1 Å². The van der Waals surface area contributed by atoms with Crippen LogP contribution in [0.25, 0.3) is 32.7 Å². The Bertz CT molecular complexity index is 2510. The lowest BCUT2D eigenvalue weighted by molar-refractivity contribution is 0.482. The van der Waals surface area contributed by atoms with Gasteiger partial charge in [-0.2, -0.15) is 16.8 Å². The second-order valence-corrected chi connectivity index (χ2v) is 15.5. The first-order chi connectivity index (χ1) is 25.7. The van der Waals surface area contributed by atoms with Crippen molar-refractivity contribution in [2.45, 2.75) is 63.2 Å². The molecule has 0 unspecified atom stereocenters. The topological polar surface area (TPSA) is 210 Å². The maximum Gasteiger partial charge on any atom is 0.295 e. The number of anilines is 2. The number of nitrogen functional groups attached to an aromatic ring is 2. The van der Waals surface area contributed by atoms with Gasteiger partial charge in [-0.15, -0.1) is 20.5 Å². The molecule has 14 heteroatoms. The van der Waals surface area contributed by atoms with Crippen LogP contribution in [0, 0.1) is 0 Å². The van der Waals surface area contributed by atoms with E-state index in [9.17, 15) is 25.9 Å². The van der Waals surface area contributed by atoms with E-state index in [0.717, 1.165) is 33.4 Å². The fraction of sp³-hybridized carbons (Fsp3) is 0.200. The van der Waals surface area contributed by atoms with Crippen molar-refractivity contribution in [3.63, 3.8) is 0 Å². The summed E-state index contributed by atoms with van der Waals surface area (Å²) in [6, 6.07) is 24.0. The van der Waals surface area contributed by atoms with Crippen LogP contribution in [-0.2, 0) is 45.9 Å². The van der Waals surface area contributed by atoms with Gasteiger partial charge < -0.3 is 11.5 Å². The van der Waals surface area contributed by atoms with Crippen molar-refractivity contribution >= 4 is 75.9 Å². The van der Waals surface area contributed by atoms with Gasteiger partial charge in [0.15, 0.2) is 0 Å². The number of aryl methyl sites for hydroxylation is 4. The summed E-state index contributed by atoms with van der Waals surface area (Å²) >= 11 is 0. The van der Waals surface area contributed by atoms with Crippen LogP contribution in [-0.4, -0.2) is 25.9 Å². The average molecular weight is 765 g/mol. The Balaban J connectivity index is 1.42. The molecular formula is C40H40N6O6S2. The molecule has 6 N–H and O–H groups in total. The highest BCUT2D eigenvalue weighted by Gasteiger charge is 2.21. The van der Waals surface area contributed by atoms with Crippen LogP contribution >= 0.6 is 0 Å². The zero-order chi connectivity index (χ0) is 38.9. The van der Waals surface area contributed by atoms with Gasteiger partial charge in [0.05, 0.1) is 22.7 Å². The molecule has 12 nitrogen and oxygen atoms in total. The molecule has 0 aliphatic carbocycles. The molecular weight excluding hydrogens is 725 g/mol. The molecule has 0 saturated carbocycles. The Morgan fingerprint density at radius 2 is 0.778 bits per heavy atom. The summed E-state index contributed by atoms with van der Waals surface area (Å²) in [5, 5.41) is 19.5. The van der Waals surface area contributed by atoms with Crippen LogP contribution < -0.4 is 11.5 Å². The van der Waals surface area contributed by atoms with Gasteiger partial charge in [-0.05, 0) is 95.5 Å². The quantitative estimate of drug-likeness (QED) is 0.0565. The number of rotatable bonds is 11. The lowest BCUT2D eigenvalue weighted by Gasteiger charge is -2.16. The van der Waals surface area contributed by atoms with Gasteiger partial charge in [-0.25, -0.2) is 0 Å². The number of hydrogen-bond donors (Lipinski definition) is 4. The van der Waals surface area contributed by atoms with Crippen LogP contribution in [0.15, 0.2) is 115 Å². The van der Waals surface area contributed by atoms with Crippen LogP contribution in [0.5, 0.6) is 0 Å². The van der Waals surface area contributed by atoms with Gasteiger partial charge in [0.25, 0.3) is 20.2 Å². The first-order valence-electron chi connectivity index (χ1n) is 17.4. The zero-order valence-corrected chi connectivity index (χ0v) is 31.8. The number of nitrogens with two attached hydrogens (primary N) is 2. The SMILES string of the molecule is CCc1cc(-c2cc(CC)c(/N=N/c3cc(S(=O)(=O)O)c4ccccc4c3N)c(CC)c2)cc(CC)c1/N=N/c1cc(S(=O)(=O)O)c2ccccc2c1N. The van der Waals surface area contributed by atoms with Crippen molar-refractivity contribution in [1.82, 2.24) is 0 Å². The molecule has 0 heterocycles. The van der Waals surface area contributed by atoms with Gasteiger partial charge in [0.2, 0.25) is 0 Å². The molecule has 6 aromatic rings. The van der Waals surface area contributed by atoms with E-state index < -0.39 is 20.2 Å². The number of fused-ring (bicyclic) bond motifs is 2. The molecule has 54 heavy (non-hydrogen) atoms. The fourth-order valence-electron chi connectivity index (χ4n) is 6.69. The summed E-state index contributed by atoms with van der Waals surface area (Å²) in [6.07, 6.45) is 2.52. The standard InChI is InChI=1S/C40H40N6O6S2/c1-5-23-17-27(18-24(6-2)39(23)45-43-33-21-35(53(47,48)49)29-13-9-11-15-31(29)37(33)41)28-19-25(7-3)40(26(8-4)20-28)46-44-34-22-36(54(50,51)52)30-14-10-12-16-32(30)38(34)42/h9-22H,5-8,41-42H2,1-4H3,(H,47,48,49)(H,50,51,52)/b45-43+,46-44+. The first kappa shape index (κ1) is 38.2. The van der Waals surface area contributed by atoms with E-state index in [-0.39, 0.29) is 32.5 Å². The van der Waals surface area contributed by atoms with E-state index in [2.05, 4.69) is 44.7 Å². The Labute approximate surface area is 314 Å². The van der Waals surface area contributed by atoms with E-state index in [1.807, 2.05) is 27.7 Å². The molecule has 0 atom stereocenters. The Kier molecular flexibility index (Phi) is 10.7. The average Bonchev–Trinajstić information content (AvgIpc) is 3.15. The van der Waals surface area contributed by atoms with Gasteiger partial charge in [0.1, 0.15) is 21.2 Å². The molecule has 6 rings (SSSR count). The third-order valence-corrected chi connectivity index (χ3v) is 11.3. The summed E-state index contributed by atoms with van der Waals surface area (Å²) < 4.78 is 69.0. The van der Waals surface area contributed by atoms with Crippen LogP contribution in [0.2, 0.25) is 0 Å². The van der Waals surface area contributed by atoms with E-state index >= 15 is 0 Å². The third-order valence-electron chi connectivity index (χ3n) is 9.52. The predicted molar refractivity (Wildman–Crippen MR) is 214 cm³/mol. The highest BCUT2D eigenvalue weighted by atomic mass is 32.2. The largest absolute Gasteiger partial charge is 0.396 e. The minimum absolute atomic E-state index is 0.124. The Morgan fingerprint density at radius 3 is 1.06 bits per heavy atom. The first-order valence-corrected chi connectivity index (χ1v) is 20.3. The monoisotopic (exact) mass is 764 g/mol. The molecule has 278 valence electrons. The van der Waals surface area contributed by atoms with Crippen molar-refractivity contribution in [3.8, 4) is 11.1 Å². The minimum atomic E-state index is -4.57. The normalized spacial score (nSPS) is 12.5. The smallest absolute Gasteiger partial charge is 0.295 e. The van der Waals surface area contributed by atoms with Crippen LogP contribution in [0.3, 0.4) is 0 Å². The molecule has 0 spiro atoms. The predicted octanol–water partition coefficient (Wildman–Crippen LogP) is 10.4. The summed E-state index contributed by atoms with van der Waals surface area (Å²) in [5.41, 5.74) is 20.5. The van der Waals surface area contributed by atoms with Gasteiger partial charge in [0, 0.05) is 21.5 Å². The molecule has 6 aromatic carbocycles. The molecule has 0 aromatic heterocycles. The fourth-order valence-corrected chi connectivity index (χ4v) is 8.12. The third kappa shape index (κ3) is 7.33. The Morgan fingerprint density at radius 1 is 0.481 bits per heavy atom. The highest BCUT2D eigenvalue weighted by molar-refractivity contribution is 7.86. The van der Waals surface area contributed by atoms with E-state index in [1.54, 1.807) is 48.5 Å². The number of hydrogen-bond acceptors (Lipinski definition) is 10.